The standard InChI is InChI=1S/C28H29N5O2/c1-21-26(32-33(18-9-4-10-19-34)27(21)22-12-5-2-6-13-22)28(35)29-24-16-11-17-25(20-24)31-30-23-14-7-3-8-15-23/h2-3,5-8,11-17,20,34H,4,9-10,18-19H2,1H3,(H,29,35). The summed E-state index contributed by atoms with van der Waals surface area (Å²) < 4.78 is 1.90. The van der Waals surface area contributed by atoms with Gasteiger partial charge in [0.15, 0.2) is 5.69 Å². The third-order valence-electron chi connectivity index (χ3n) is 5.62. The van der Waals surface area contributed by atoms with Crippen LogP contribution in [0.25, 0.3) is 11.3 Å². The maximum Gasteiger partial charge on any atom is 0.276 e. The number of nitrogens with zero attached hydrogens (tertiary/aromatic N) is 4. The Kier molecular flexibility index (Phi) is 8.14. The number of amides is 1. The topological polar surface area (TPSA) is 91.9 Å². The molecule has 0 spiro atoms. The lowest BCUT2D eigenvalue weighted by atomic mass is 10.1. The van der Waals surface area contributed by atoms with Gasteiger partial charge in [0, 0.05) is 30.0 Å². The Labute approximate surface area is 205 Å². The number of carbonyl (C=O) groups excluding carboxylic acids is 1. The Hall–Kier alpha value is -4.10. The average molecular weight is 468 g/mol. The van der Waals surface area contributed by atoms with Crippen LogP contribution in [0.5, 0.6) is 0 Å². The zero-order valence-electron chi connectivity index (χ0n) is 19.8. The zero-order valence-corrected chi connectivity index (χ0v) is 19.8. The molecule has 4 aromatic rings. The summed E-state index contributed by atoms with van der Waals surface area (Å²) in [4.78, 5) is 13.2. The quantitative estimate of drug-likeness (QED) is 0.201. The Bertz CT molecular complexity index is 1280. The van der Waals surface area contributed by atoms with E-state index < -0.39 is 0 Å². The Morgan fingerprint density at radius 2 is 1.57 bits per heavy atom. The highest BCUT2D eigenvalue weighted by Gasteiger charge is 2.21. The van der Waals surface area contributed by atoms with Crippen LogP contribution in [0.15, 0.2) is 95.2 Å². The summed E-state index contributed by atoms with van der Waals surface area (Å²) >= 11 is 0. The van der Waals surface area contributed by atoms with Crippen molar-refractivity contribution in [3.8, 4) is 11.3 Å². The largest absolute Gasteiger partial charge is 0.396 e. The lowest BCUT2D eigenvalue weighted by Gasteiger charge is -2.08. The van der Waals surface area contributed by atoms with Crippen LogP contribution in [-0.4, -0.2) is 27.4 Å². The van der Waals surface area contributed by atoms with Crippen LogP contribution >= 0.6 is 0 Å². The number of carbonyl (C=O) groups is 1. The van der Waals surface area contributed by atoms with Crippen molar-refractivity contribution in [2.45, 2.75) is 32.7 Å². The molecule has 178 valence electrons. The van der Waals surface area contributed by atoms with Gasteiger partial charge in [0.1, 0.15) is 0 Å². The summed E-state index contributed by atoms with van der Waals surface area (Å²) in [7, 11) is 0. The minimum atomic E-state index is -0.272. The Morgan fingerprint density at radius 3 is 2.31 bits per heavy atom. The molecule has 0 radical (unpaired) electrons. The average Bonchev–Trinajstić information content (AvgIpc) is 3.22. The second-order valence-corrected chi connectivity index (χ2v) is 8.24. The highest BCUT2D eigenvalue weighted by molar-refractivity contribution is 6.05. The summed E-state index contributed by atoms with van der Waals surface area (Å²) in [5.74, 6) is -0.272. The van der Waals surface area contributed by atoms with Crippen LogP contribution in [0, 0.1) is 6.92 Å². The van der Waals surface area contributed by atoms with Crippen molar-refractivity contribution < 1.29 is 9.90 Å². The minimum absolute atomic E-state index is 0.182. The number of nitrogens with one attached hydrogen (secondary N) is 1. The van der Waals surface area contributed by atoms with E-state index in [4.69, 9.17) is 5.11 Å². The molecule has 4 rings (SSSR count). The lowest BCUT2D eigenvalue weighted by Crippen LogP contribution is -2.14. The van der Waals surface area contributed by atoms with Crippen molar-refractivity contribution in [2.24, 2.45) is 10.2 Å². The smallest absolute Gasteiger partial charge is 0.276 e. The summed E-state index contributed by atoms with van der Waals surface area (Å²) in [5, 5.41) is 25.2. The van der Waals surface area contributed by atoms with Gasteiger partial charge in [-0.05, 0) is 56.5 Å². The SMILES string of the molecule is Cc1c(C(=O)Nc2cccc(N=Nc3ccccc3)c2)nn(CCCCCO)c1-c1ccccc1. The van der Waals surface area contributed by atoms with E-state index in [0.29, 0.717) is 23.6 Å². The van der Waals surface area contributed by atoms with Gasteiger partial charge in [0.05, 0.1) is 17.1 Å². The molecule has 0 bridgehead atoms. The van der Waals surface area contributed by atoms with E-state index in [9.17, 15) is 4.79 Å². The number of azo groups is 1. The maximum atomic E-state index is 13.2. The second kappa shape index (κ2) is 11.9. The van der Waals surface area contributed by atoms with Crippen LogP contribution in [0.2, 0.25) is 0 Å². The van der Waals surface area contributed by atoms with Crippen molar-refractivity contribution in [3.63, 3.8) is 0 Å². The number of aliphatic hydroxyl groups excluding tert-OH is 1. The number of benzene rings is 3. The molecule has 1 aromatic heterocycles. The van der Waals surface area contributed by atoms with Crippen LogP contribution in [-0.2, 0) is 6.54 Å². The lowest BCUT2D eigenvalue weighted by molar-refractivity contribution is 0.102. The Balaban J connectivity index is 1.55. The van der Waals surface area contributed by atoms with Crippen LogP contribution in [0.1, 0.15) is 35.3 Å². The van der Waals surface area contributed by atoms with Gasteiger partial charge in [-0.25, -0.2) is 0 Å². The monoisotopic (exact) mass is 467 g/mol. The number of aliphatic hydroxyl groups is 1. The molecule has 2 N–H and O–H groups in total. The molecule has 7 nitrogen and oxygen atoms in total. The van der Waals surface area contributed by atoms with E-state index in [-0.39, 0.29) is 12.5 Å². The first-order valence-electron chi connectivity index (χ1n) is 11.8. The molecule has 7 heteroatoms. The molecule has 0 unspecified atom stereocenters. The summed E-state index contributed by atoms with van der Waals surface area (Å²) in [6, 6.07) is 26.7. The number of aryl methyl sites for hydroxylation is 1. The van der Waals surface area contributed by atoms with Crippen LogP contribution in [0.3, 0.4) is 0 Å². The highest BCUT2D eigenvalue weighted by Crippen LogP contribution is 2.28. The van der Waals surface area contributed by atoms with Gasteiger partial charge in [-0.1, -0.05) is 54.6 Å². The van der Waals surface area contributed by atoms with E-state index in [0.717, 1.165) is 41.8 Å². The van der Waals surface area contributed by atoms with E-state index in [1.165, 1.54) is 0 Å². The van der Waals surface area contributed by atoms with E-state index in [1.54, 1.807) is 6.07 Å². The fourth-order valence-corrected chi connectivity index (χ4v) is 3.89. The van der Waals surface area contributed by atoms with Gasteiger partial charge in [0.25, 0.3) is 5.91 Å². The van der Waals surface area contributed by atoms with Crippen LogP contribution in [0.4, 0.5) is 17.1 Å². The molecule has 0 saturated heterocycles. The third kappa shape index (κ3) is 6.28. The fourth-order valence-electron chi connectivity index (χ4n) is 3.89. The van der Waals surface area contributed by atoms with Gasteiger partial charge in [-0.2, -0.15) is 15.3 Å². The highest BCUT2D eigenvalue weighted by atomic mass is 16.2. The third-order valence-corrected chi connectivity index (χ3v) is 5.62. The fraction of sp³-hybridized carbons (Fsp3) is 0.214. The molecule has 0 fully saturated rings. The predicted octanol–water partition coefficient (Wildman–Crippen LogP) is 6.69. The summed E-state index contributed by atoms with van der Waals surface area (Å²) in [6.45, 7) is 2.79. The molecule has 1 heterocycles. The number of hydrogen-bond donors (Lipinski definition) is 2. The number of aromatic nitrogens is 2. The van der Waals surface area contributed by atoms with E-state index in [1.807, 2.05) is 90.5 Å². The summed E-state index contributed by atoms with van der Waals surface area (Å²) in [6.07, 6.45) is 2.53. The summed E-state index contributed by atoms with van der Waals surface area (Å²) in [5.41, 5.74) is 5.20. The van der Waals surface area contributed by atoms with Crippen molar-refractivity contribution in [2.75, 3.05) is 11.9 Å². The van der Waals surface area contributed by atoms with Gasteiger partial charge in [-0.3, -0.25) is 9.48 Å². The van der Waals surface area contributed by atoms with Gasteiger partial charge < -0.3 is 10.4 Å². The number of rotatable bonds is 10. The zero-order chi connectivity index (χ0) is 24.5. The molecule has 0 aliphatic rings. The predicted molar refractivity (Wildman–Crippen MR) is 138 cm³/mol. The Morgan fingerprint density at radius 1 is 0.886 bits per heavy atom. The van der Waals surface area contributed by atoms with Crippen LogP contribution < -0.4 is 5.32 Å². The molecule has 1 amide bonds. The van der Waals surface area contributed by atoms with E-state index >= 15 is 0 Å². The van der Waals surface area contributed by atoms with Gasteiger partial charge >= 0.3 is 0 Å². The number of hydrogen-bond acceptors (Lipinski definition) is 5. The molecule has 0 saturated carbocycles. The van der Waals surface area contributed by atoms with Crippen molar-refractivity contribution >= 4 is 23.0 Å². The van der Waals surface area contributed by atoms with Crippen molar-refractivity contribution in [3.05, 3.63) is 96.2 Å². The second-order valence-electron chi connectivity index (χ2n) is 8.24. The first-order chi connectivity index (χ1) is 17.2. The molecule has 0 aliphatic heterocycles. The van der Waals surface area contributed by atoms with Crippen molar-refractivity contribution in [1.82, 2.24) is 9.78 Å². The maximum absolute atomic E-state index is 13.2. The van der Waals surface area contributed by atoms with Gasteiger partial charge in [0.2, 0.25) is 0 Å². The van der Waals surface area contributed by atoms with Gasteiger partial charge in [-0.15, -0.1) is 0 Å². The molecule has 0 aliphatic carbocycles. The molecular weight excluding hydrogens is 438 g/mol. The van der Waals surface area contributed by atoms with E-state index in [2.05, 4.69) is 20.6 Å². The normalized spacial score (nSPS) is 11.1. The number of anilines is 1. The molecule has 35 heavy (non-hydrogen) atoms. The molecule has 0 atom stereocenters. The first-order valence-corrected chi connectivity index (χ1v) is 11.8. The molecule has 3 aromatic carbocycles. The minimum Gasteiger partial charge on any atom is -0.396 e. The number of unbranched alkanes of at least 4 members (excludes halogenated alkanes) is 2. The first kappa shape index (κ1) is 24.0. The van der Waals surface area contributed by atoms with Crippen molar-refractivity contribution in [1.29, 1.82) is 0 Å². The molecular formula is C28H29N5O2.